The summed E-state index contributed by atoms with van der Waals surface area (Å²) in [4.78, 5) is 29.8. The second kappa shape index (κ2) is 15.4. The maximum Gasteiger partial charge on any atom is 0.409 e. The normalized spacial score (nSPS) is 24.5. The number of nitrogens with one attached hydrogen (secondary N) is 1. The van der Waals surface area contributed by atoms with Gasteiger partial charge in [-0.25, -0.2) is 9.00 Å². The van der Waals surface area contributed by atoms with Crippen LogP contribution in [0.1, 0.15) is 50.7 Å². The van der Waals surface area contributed by atoms with Gasteiger partial charge in [0.25, 0.3) is 5.91 Å². The molecule has 2 aliphatic rings. The maximum absolute atomic E-state index is 13.4. The summed E-state index contributed by atoms with van der Waals surface area (Å²) in [5, 5.41) is 10.4. The first kappa shape index (κ1) is 34.7. The lowest BCUT2D eigenvalue weighted by atomic mass is 9.91. The van der Waals surface area contributed by atoms with Gasteiger partial charge in [-0.15, -0.1) is 0 Å². The molecule has 4 unspecified atom stereocenters. The Morgan fingerprint density at radius 2 is 2.02 bits per heavy atom. The Balaban J connectivity index is 1.76. The van der Waals surface area contributed by atoms with Crippen LogP contribution < -0.4 is 14.4 Å². The SMILES string of the molecule is CCC1CCN2CC(c3ccc(Cl)cc3CCO)COc3ccc(cc32)S(=O)NC(=O)C(C)(C)OC/C=C/C1OC(=O)N(C)C. The molecule has 10 nitrogen and oxygen atoms in total. The van der Waals surface area contributed by atoms with Crippen molar-refractivity contribution >= 4 is 40.3 Å². The summed E-state index contributed by atoms with van der Waals surface area (Å²) in [6.07, 6.45) is 4.49. The Kier molecular flexibility index (Phi) is 11.9. The van der Waals surface area contributed by atoms with E-state index in [9.17, 15) is 18.9 Å². The number of aliphatic hydroxyl groups excluding tert-OH is 1. The minimum absolute atomic E-state index is 0.00759. The fourth-order valence-corrected chi connectivity index (χ4v) is 6.65. The van der Waals surface area contributed by atoms with Gasteiger partial charge in [-0.05, 0) is 80.6 Å². The van der Waals surface area contributed by atoms with Gasteiger partial charge in [0.05, 0.1) is 23.8 Å². The molecule has 2 heterocycles. The first-order chi connectivity index (χ1) is 21.4. The van der Waals surface area contributed by atoms with Crippen LogP contribution in [-0.2, 0) is 31.7 Å². The molecule has 246 valence electrons. The zero-order valence-corrected chi connectivity index (χ0v) is 28.2. The van der Waals surface area contributed by atoms with Crippen LogP contribution in [0.25, 0.3) is 0 Å². The standard InChI is InChI=1S/C33H44ClN3O7S/c1-6-22-13-15-37-20-24(27-11-9-25(34)18-23(27)14-16-38)21-42-30-12-10-26(19-28(30)37)45(41)35-31(39)33(2,3)43-17-7-8-29(22)44-32(40)36(4)5/h7-12,18-19,22,24,29,38H,6,13-17,20-21H2,1-5H3,(H,35,39)/b8-7+. The molecule has 4 rings (SSSR count). The molecule has 2 aromatic carbocycles. The van der Waals surface area contributed by atoms with Crippen molar-refractivity contribution in [3.8, 4) is 5.75 Å². The minimum atomic E-state index is -1.84. The van der Waals surface area contributed by atoms with Gasteiger partial charge in [-0.2, -0.15) is 0 Å². The smallest absolute Gasteiger partial charge is 0.409 e. The summed E-state index contributed by atoms with van der Waals surface area (Å²) >= 11 is 6.32. The van der Waals surface area contributed by atoms with Gasteiger partial charge in [-0.1, -0.05) is 30.7 Å². The number of halogens is 1. The van der Waals surface area contributed by atoms with Crippen molar-refractivity contribution in [2.75, 3.05) is 51.9 Å². The largest absolute Gasteiger partial charge is 0.491 e. The quantitative estimate of drug-likeness (QED) is 0.437. The molecule has 0 spiro atoms. The van der Waals surface area contributed by atoms with Gasteiger partial charge in [0.1, 0.15) is 17.5 Å². The van der Waals surface area contributed by atoms with Crippen LogP contribution in [0.5, 0.6) is 5.75 Å². The van der Waals surface area contributed by atoms with E-state index in [1.165, 1.54) is 4.90 Å². The minimum Gasteiger partial charge on any atom is -0.491 e. The van der Waals surface area contributed by atoms with Gasteiger partial charge in [0.2, 0.25) is 0 Å². The zero-order chi connectivity index (χ0) is 32.7. The average molecular weight is 662 g/mol. The number of anilines is 1. The lowest BCUT2D eigenvalue weighted by Gasteiger charge is -2.31. The summed E-state index contributed by atoms with van der Waals surface area (Å²) in [5.74, 6) is 0.0233. The molecule has 2 bridgehead atoms. The van der Waals surface area contributed by atoms with E-state index in [-0.39, 0.29) is 25.0 Å². The highest BCUT2D eigenvalue weighted by Gasteiger charge is 2.32. The number of carbonyl (C=O) groups is 2. The van der Waals surface area contributed by atoms with Gasteiger partial charge in [0.15, 0.2) is 11.0 Å². The molecule has 0 aromatic heterocycles. The first-order valence-corrected chi connectivity index (χ1v) is 16.8. The van der Waals surface area contributed by atoms with Gasteiger partial charge in [-0.3, -0.25) is 9.52 Å². The zero-order valence-electron chi connectivity index (χ0n) is 26.6. The molecular formula is C33H44ClN3O7S. The van der Waals surface area contributed by atoms with Gasteiger partial charge in [0, 0.05) is 50.7 Å². The summed E-state index contributed by atoms with van der Waals surface area (Å²) in [6, 6.07) is 11.0. The van der Waals surface area contributed by atoms with Crippen LogP contribution in [-0.4, -0.2) is 84.9 Å². The molecule has 4 atom stereocenters. The van der Waals surface area contributed by atoms with E-state index in [4.69, 9.17) is 25.8 Å². The molecule has 0 radical (unpaired) electrons. The fraction of sp³-hybridized carbons (Fsp3) is 0.515. The summed E-state index contributed by atoms with van der Waals surface area (Å²) in [6.45, 7) is 6.93. The van der Waals surface area contributed by atoms with Crippen molar-refractivity contribution in [1.82, 2.24) is 9.62 Å². The molecule has 2 N–H and O–H groups in total. The number of amides is 2. The number of carbonyl (C=O) groups excluding carboxylic acids is 2. The van der Waals surface area contributed by atoms with Crippen molar-refractivity contribution in [3.05, 3.63) is 64.7 Å². The number of ether oxygens (including phenoxy) is 3. The van der Waals surface area contributed by atoms with Crippen LogP contribution >= 0.6 is 11.6 Å². The number of rotatable bonds is 5. The Morgan fingerprint density at radius 1 is 1.24 bits per heavy atom. The van der Waals surface area contributed by atoms with Crippen molar-refractivity contribution in [2.24, 2.45) is 5.92 Å². The third kappa shape index (κ3) is 8.78. The monoisotopic (exact) mass is 661 g/mol. The second-order valence-corrected chi connectivity index (χ2v) is 13.7. The molecule has 0 saturated heterocycles. The van der Waals surface area contributed by atoms with Crippen LogP contribution in [0, 0.1) is 5.92 Å². The summed E-state index contributed by atoms with van der Waals surface area (Å²) in [5.41, 5.74) is 1.49. The molecular weight excluding hydrogens is 618 g/mol. The summed E-state index contributed by atoms with van der Waals surface area (Å²) < 4.78 is 34.1. The van der Waals surface area contributed by atoms with Crippen LogP contribution in [0.15, 0.2) is 53.4 Å². The first-order valence-electron chi connectivity index (χ1n) is 15.3. The predicted octanol–water partition coefficient (Wildman–Crippen LogP) is 4.84. The molecule has 2 amide bonds. The average Bonchev–Trinajstić information content (AvgIpc) is 3.18. The molecule has 2 aliphatic heterocycles. The number of nitrogens with zero attached hydrogens (tertiary/aromatic N) is 2. The molecule has 2 aromatic rings. The predicted molar refractivity (Wildman–Crippen MR) is 175 cm³/mol. The Bertz CT molecular complexity index is 1420. The molecule has 45 heavy (non-hydrogen) atoms. The fourth-order valence-electron chi connectivity index (χ4n) is 5.51. The number of hydrogen-bond donors (Lipinski definition) is 2. The molecule has 12 heteroatoms. The van der Waals surface area contributed by atoms with Crippen molar-refractivity contribution in [1.29, 1.82) is 0 Å². The summed E-state index contributed by atoms with van der Waals surface area (Å²) in [7, 11) is 1.45. The second-order valence-electron chi connectivity index (χ2n) is 12.0. The van der Waals surface area contributed by atoms with E-state index in [2.05, 4.69) is 16.5 Å². The van der Waals surface area contributed by atoms with E-state index in [1.54, 1.807) is 52.2 Å². The Hall–Kier alpha value is -3.12. The molecule has 0 saturated carbocycles. The van der Waals surface area contributed by atoms with E-state index in [0.717, 1.165) is 23.2 Å². The number of aliphatic hydroxyl groups is 1. The van der Waals surface area contributed by atoms with Crippen molar-refractivity contribution in [3.63, 3.8) is 0 Å². The van der Waals surface area contributed by atoms with Crippen LogP contribution in [0.3, 0.4) is 0 Å². The molecule has 0 aliphatic carbocycles. The van der Waals surface area contributed by atoms with E-state index in [1.807, 2.05) is 24.3 Å². The van der Waals surface area contributed by atoms with Crippen LogP contribution in [0.2, 0.25) is 5.02 Å². The number of benzene rings is 2. The van der Waals surface area contributed by atoms with Crippen molar-refractivity contribution < 1.29 is 33.1 Å². The van der Waals surface area contributed by atoms with E-state index < -0.39 is 34.7 Å². The van der Waals surface area contributed by atoms with Crippen LogP contribution in [0.4, 0.5) is 10.5 Å². The lowest BCUT2D eigenvalue weighted by Crippen LogP contribution is -2.45. The lowest BCUT2D eigenvalue weighted by molar-refractivity contribution is -0.139. The third-order valence-corrected chi connectivity index (χ3v) is 9.54. The van der Waals surface area contributed by atoms with Gasteiger partial charge >= 0.3 is 6.09 Å². The maximum atomic E-state index is 13.4. The number of hydrogen-bond acceptors (Lipinski definition) is 8. The van der Waals surface area contributed by atoms with E-state index in [0.29, 0.717) is 48.2 Å². The van der Waals surface area contributed by atoms with E-state index >= 15 is 0 Å². The highest BCUT2D eigenvalue weighted by atomic mass is 35.5. The third-order valence-electron chi connectivity index (χ3n) is 8.25. The Morgan fingerprint density at radius 3 is 2.73 bits per heavy atom. The highest BCUT2D eigenvalue weighted by molar-refractivity contribution is 7.83. The molecule has 0 fully saturated rings. The van der Waals surface area contributed by atoms with Crippen molar-refractivity contribution in [2.45, 2.75) is 62.6 Å². The highest BCUT2D eigenvalue weighted by Crippen LogP contribution is 2.38. The Labute approximate surface area is 273 Å². The topological polar surface area (TPSA) is 118 Å². The number of fused-ring (bicyclic) bond motifs is 1. The van der Waals surface area contributed by atoms with Gasteiger partial charge < -0.3 is 29.1 Å².